The van der Waals surface area contributed by atoms with Crippen molar-refractivity contribution < 1.29 is 9.59 Å². The van der Waals surface area contributed by atoms with Gasteiger partial charge in [0.15, 0.2) is 0 Å². The number of benzene rings is 2. The van der Waals surface area contributed by atoms with Crippen molar-refractivity contribution in [3.63, 3.8) is 0 Å². The number of aromatic nitrogens is 1. The highest BCUT2D eigenvalue weighted by Crippen LogP contribution is 2.22. The molecular formula is C17H14N2O2. The number of carbonyl (C=O) groups is 2. The fraction of sp³-hybridized carbons (Fsp3) is 0.0588. The van der Waals surface area contributed by atoms with Crippen LogP contribution in [0.4, 0.5) is 0 Å². The number of nitrogens with zero attached hydrogens (tertiary/aromatic N) is 1. The predicted molar refractivity (Wildman–Crippen MR) is 81.0 cm³/mol. The van der Waals surface area contributed by atoms with Crippen LogP contribution in [0.15, 0.2) is 60.8 Å². The van der Waals surface area contributed by atoms with Crippen LogP contribution in [0.25, 0.3) is 10.9 Å². The molecule has 0 aliphatic rings. The zero-order valence-corrected chi connectivity index (χ0v) is 11.3. The number of carbonyl (C=O) groups excluding carboxylic acids is 2. The summed E-state index contributed by atoms with van der Waals surface area (Å²) in [4.78, 5) is 23.1. The lowest BCUT2D eigenvalue weighted by Gasteiger charge is -2.05. The van der Waals surface area contributed by atoms with Gasteiger partial charge in [-0.3, -0.25) is 9.59 Å². The van der Waals surface area contributed by atoms with Crippen LogP contribution in [0.5, 0.6) is 0 Å². The maximum atomic E-state index is 11.9. The highest BCUT2D eigenvalue weighted by atomic mass is 16.2. The molecule has 0 bridgehead atoms. The topological polar surface area (TPSA) is 65.1 Å². The lowest BCUT2D eigenvalue weighted by atomic mass is 10.1. The molecule has 0 saturated heterocycles. The maximum Gasteiger partial charge on any atom is 0.289 e. The Morgan fingerprint density at radius 2 is 1.62 bits per heavy atom. The zero-order chi connectivity index (χ0) is 14.8. The summed E-state index contributed by atoms with van der Waals surface area (Å²) in [7, 11) is 0. The number of nitrogens with two attached hydrogens (primary N) is 1. The van der Waals surface area contributed by atoms with Crippen molar-refractivity contribution in [2.75, 3.05) is 0 Å². The number of ketones is 1. The molecule has 0 aliphatic carbocycles. The van der Waals surface area contributed by atoms with E-state index >= 15 is 0 Å². The van der Waals surface area contributed by atoms with Gasteiger partial charge in [0.05, 0.1) is 5.56 Å². The zero-order valence-electron chi connectivity index (χ0n) is 11.3. The number of Topliss-reactive ketones (excluding diaryl/α,β-unsaturated/α-hetero) is 1. The highest BCUT2D eigenvalue weighted by molar-refractivity contribution is 6.44. The van der Waals surface area contributed by atoms with Crippen LogP contribution in [0.3, 0.4) is 0 Å². The summed E-state index contributed by atoms with van der Waals surface area (Å²) in [6.45, 7) is 0.632. The van der Waals surface area contributed by atoms with Crippen molar-refractivity contribution in [3.05, 3.63) is 71.9 Å². The molecule has 0 aliphatic heterocycles. The van der Waals surface area contributed by atoms with Crippen LogP contribution in [0.1, 0.15) is 15.9 Å². The number of rotatable bonds is 4. The van der Waals surface area contributed by atoms with Crippen molar-refractivity contribution in [2.45, 2.75) is 6.54 Å². The first-order valence-corrected chi connectivity index (χ1v) is 6.63. The largest absolute Gasteiger partial charge is 0.363 e. The van der Waals surface area contributed by atoms with Gasteiger partial charge >= 0.3 is 0 Å². The Labute approximate surface area is 121 Å². The van der Waals surface area contributed by atoms with Gasteiger partial charge in [0.1, 0.15) is 0 Å². The first kappa shape index (κ1) is 13.1. The Morgan fingerprint density at radius 3 is 2.33 bits per heavy atom. The monoisotopic (exact) mass is 278 g/mol. The number of primary amides is 1. The molecule has 2 N–H and O–H groups in total. The third kappa shape index (κ3) is 2.43. The molecule has 0 unspecified atom stereocenters. The number of amides is 1. The molecule has 4 heteroatoms. The average Bonchev–Trinajstić information content (AvgIpc) is 2.86. The van der Waals surface area contributed by atoms with Crippen LogP contribution in [0, 0.1) is 0 Å². The Bertz CT molecular complexity index is 819. The van der Waals surface area contributed by atoms with Crippen LogP contribution in [-0.2, 0) is 11.3 Å². The van der Waals surface area contributed by atoms with E-state index in [4.69, 9.17) is 5.73 Å². The Kier molecular flexibility index (Phi) is 3.28. The minimum atomic E-state index is -0.933. The first-order valence-electron chi connectivity index (χ1n) is 6.63. The van der Waals surface area contributed by atoms with E-state index in [1.54, 1.807) is 6.20 Å². The molecule has 1 heterocycles. The summed E-state index contributed by atoms with van der Waals surface area (Å²) in [5.74, 6) is -1.59. The van der Waals surface area contributed by atoms with Crippen LogP contribution >= 0.6 is 0 Å². The molecule has 0 radical (unpaired) electrons. The third-order valence-electron chi connectivity index (χ3n) is 3.45. The second kappa shape index (κ2) is 5.25. The van der Waals surface area contributed by atoms with E-state index in [1.165, 1.54) is 0 Å². The Hall–Kier alpha value is -2.88. The molecule has 0 fully saturated rings. The van der Waals surface area contributed by atoms with Gasteiger partial charge in [0, 0.05) is 23.6 Å². The Balaban J connectivity index is 2.11. The molecule has 2 aromatic carbocycles. The lowest BCUT2D eigenvalue weighted by Crippen LogP contribution is -2.22. The highest BCUT2D eigenvalue weighted by Gasteiger charge is 2.18. The fourth-order valence-electron chi connectivity index (χ4n) is 2.47. The van der Waals surface area contributed by atoms with E-state index in [9.17, 15) is 9.59 Å². The molecule has 0 spiro atoms. The van der Waals surface area contributed by atoms with Gasteiger partial charge in [-0.05, 0) is 11.6 Å². The fourth-order valence-corrected chi connectivity index (χ4v) is 2.47. The van der Waals surface area contributed by atoms with Gasteiger partial charge in [-0.25, -0.2) is 0 Å². The van der Waals surface area contributed by atoms with Crippen LogP contribution in [0.2, 0.25) is 0 Å². The summed E-state index contributed by atoms with van der Waals surface area (Å²) in [6, 6.07) is 17.4. The summed E-state index contributed by atoms with van der Waals surface area (Å²) in [5.41, 5.74) is 7.51. The van der Waals surface area contributed by atoms with Crippen molar-refractivity contribution in [1.82, 2.24) is 4.57 Å². The van der Waals surface area contributed by atoms with Crippen molar-refractivity contribution in [1.29, 1.82) is 0 Å². The molecule has 4 nitrogen and oxygen atoms in total. The summed E-state index contributed by atoms with van der Waals surface area (Å²) >= 11 is 0. The van der Waals surface area contributed by atoms with E-state index in [-0.39, 0.29) is 0 Å². The summed E-state index contributed by atoms with van der Waals surface area (Å²) < 4.78 is 1.96. The molecule has 104 valence electrons. The van der Waals surface area contributed by atoms with E-state index in [0.29, 0.717) is 12.1 Å². The van der Waals surface area contributed by atoms with E-state index in [2.05, 4.69) is 0 Å². The number of fused-ring (bicyclic) bond motifs is 1. The number of hydrogen-bond acceptors (Lipinski definition) is 2. The first-order chi connectivity index (χ1) is 10.2. The number of hydrogen-bond donors (Lipinski definition) is 1. The second-order valence-electron chi connectivity index (χ2n) is 4.87. The van der Waals surface area contributed by atoms with Gasteiger partial charge < -0.3 is 10.3 Å². The van der Waals surface area contributed by atoms with Crippen LogP contribution < -0.4 is 5.73 Å². The van der Waals surface area contributed by atoms with Gasteiger partial charge in [0.25, 0.3) is 11.7 Å². The number of para-hydroxylation sites is 1. The van der Waals surface area contributed by atoms with E-state index in [1.807, 2.05) is 59.2 Å². The van der Waals surface area contributed by atoms with E-state index < -0.39 is 11.7 Å². The molecule has 1 amide bonds. The van der Waals surface area contributed by atoms with Gasteiger partial charge in [-0.1, -0.05) is 48.5 Å². The molecule has 3 aromatic rings. The normalized spacial score (nSPS) is 10.7. The maximum absolute atomic E-state index is 11.9. The summed E-state index contributed by atoms with van der Waals surface area (Å²) in [5, 5.41) is 0.747. The minimum Gasteiger partial charge on any atom is -0.363 e. The van der Waals surface area contributed by atoms with Gasteiger partial charge in [-0.2, -0.15) is 0 Å². The molecule has 21 heavy (non-hydrogen) atoms. The standard InChI is InChI=1S/C17H14N2O2/c18-17(21)16(20)14-11-19(10-12-6-2-1-3-7-12)15-9-5-4-8-13(14)15/h1-9,11H,10H2,(H2,18,21). The molecular weight excluding hydrogens is 264 g/mol. The van der Waals surface area contributed by atoms with Crippen molar-refractivity contribution >= 4 is 22.6 Å². The predicted octanol–water partition coefficient (Wildman–Crippen LogP) is 2.36. The SMILES string of the molecule is NC(=O)C(=O)c1cn(Cc2ccccc2)c2ccccc12. The quantitative estimate of drug-likeness (QED) is 0.588. The molecule has 1 aromatic heterocycles. The third-order valence-corrected chi connectivity index (χ3v) is 3.45. The second-order valence-corrected chi connectivity index (χ2v) is 4.87. The molecule has 0 saturated carbocycles. The summed E-state index contributed by atoms with van der Waals surface area (Å²) in [6.07, 6.45) is 1.70. The van der Waals surface area contributed by atoms with Gasteiger partial charge in [0.2, 0.25) is 0 Å². The Morgan fingerprint density at radius 1 is 0.952 bits per heavy atom. The van der Waals surface area contributed by atoms with Crippen LogP contribution in [-0.4, -0.2) is 16.3 Å². The minimum absolute atomic E-state index is 0.356. The van der Waals surface area contributed by atoms with Gasteiger partial charge in [-0.15, -0.1) is 0 Å². The van der Waals surface area contributed by atoms with Crippen molar-refractivity contribution in [3.8, 4) is 0 Å². The smallest absolute Gasteiger partial charge is 0.289 e. The van der Waals surface area contributed by atoms with Crippen molar-refractivity contribution in [2.24, 2.45) is 5.73 Å². The van der Waals surface area contributed by atoms with E-state index in [0.717, 1.165) is 16.5 Å². The lowest BCUT2D eigenvalue weighted by molar-refractivity contribution is -0.114. The molecule has 3 rings (SSSR count). The molecule has 0 atom stereocenters. The average molecular weight is 278 g/mol.